The summed E-state index contributed by atoms with van der Waals surface area (Å²) >= 11 is 0. The Labute approximate surface area is 245 Å². The predicted octanol–water partition coefficient (Wildman–Crippen LogP) is 2.91. The molecule has 218 valence electrons. The van der Waals surface area contributed by atoms with Crippen LogP contribution in [0.2, 0.25) is 0 Å². The van der Waals surface area contributed by atoms with Crippen molar-refractivity contribution >= 4 is 28.5 Å². The number of rotatable bonds is 7. The highest BCUT2D eigenvalue weighted by atomic mass is 16.5. The quantitative estimate of drug-likeness (QED) is 0.262. The first-order chi connectivity index (χ1) is 20.5. The number of likely N-dealkylation sites (N-methyl/N-ethyl adjacent to an activating group) is 1. The van der Waals surface area contributed by atoms with Crippen LogP contribution < -0.4 is 10.4 Å². The van der Waals surface area contributed by atoms with E-state index < -0.39 is 5.91 Å². The number of hydroxylamine groups is 1. The number of carbonyl (C=O) groups excluding carboxylic acids is 2. The SMILES string of the molecule is CN1CCN(Cc2ccc(C(=O)N3CCN(c4cnc5c(ccn5Cc5ccc(C(=O)NO)cc5)c4)CC3)cc2)CC1. The molecule has 4 heterocycles. The molecule has 0 saturated carbocycles. The second kappa shape index (κ2) is 12.3. The number of hydrogen-bond donors (Lipinski definition) is 2. The number of fused-ring (bicyclic) bond motifs is 1. The van der Waals surface area contributed by atoms with E-state index in [1.807, 2.05) is 41.6 Å². The van der Waals surface area contributed by atoms with Crippen LogP contribution in [0.4, 0.5) is 5.69 Å². The van der Waals surface area contributed by atoms with Crippen molar-refractivity contribution in [2.45, 2.75) is 13.1 Å². The number of anilines is 1. The molecule has 10 nitrogen and oxygen atoms in total. The average Bonchev–Trinajstić information content (AvgIpc) is 3.44. The number of amides is 2. The van der Waals surface area contributed by atoms with Crippen LogP contribution >= 0.6 is 0 Å². The van der Waals surface area contributed by atoms with Gasteiger partial charge in [-0.1, -0.05) is 24.3 Å². The molecule has 10 heteroatoms. The Balaban J connectivity index is 1.03. The molecule has 0 spiro atoms. The van der Waals surface area contributed by atoms with Crippen LogP contribution in [0.1, 0.15) is 31.8 Å². The zero-order valence-corrected chi connectivity index (χ0v) is 23.9. The lowest BCUT2D eigenvalue weighted by Crippen LogP contribution is -2.48. The molecule has 2 aliphatic heterocycles. The predicted molar refractivity (Wildman–Crippen MR) is 162 cm³/mol. The highest BCUT2D eigenvalue weighted by molar-refractivity contribution is 5.94. The van der Waals surface area contributed by atoms with Crippen molar-refractivity contribution in [3.63, 3.8) is 0 Å². The Morgan fingerprint density at radius 1 is 0.810 bits per heavy atom. The number of aromatic nitrogens is 2. The number of nitrogens with zero attached hydrogens (tertiary/aromatic N) is 6. The topological polar surface area (TPSA) is 97.2 Å². The van der Waals surface area contributed by atoms with E-state index >= 15 is 0 Å². The molecule has 0 radical (unpaired) electrons. The largest absolute Gasteiger partial charge is 0.367 e. The first-order valence-electron chi connectivity index (χ1n) is 14.5. The van der Waals surface area contributed by atoms with Crippen molar-refractivity contribution in [3.8, 4) is 0 Å². The molecule has 2 N–H and O–H groups in total. The van der Waals surface area contributed by atoms with Gasteiger partial charge >= 0.3 is 0 Å². The second-order valence-electron chi connectivity index (χ2n) is 11.2. The molecule has 4 aromatic rings. The van der Waals surface area contributed by atoms with E-state index in [4.69, 9.17) is 10.2 Å². The summed E-state index contributed by atoms with van der Waals surface area (Å²) in [6, 6.07) is 19.5. The molecule has 6 rings (SSSR count). The molecule has 2 saturated heterocycles. The van der Waals surface area contributed by atoms with Gasteiger partial charge in [0.25, 0.3) is 11.8 Å². The molecule has 0 bridgehead atoms. The fourth-order valence-electron chi connectivity index (χ4n) is 5.76. The Bertz CT molecular complexity index is 1530. The van der Waals surface area contributed by atoms with Gasteiger partial charge in [-0.2, -0.15) is 0 Å². The van der Waals surface area contributed by atoms with Crippen molar-refractivity contribution < 1.29 is 14.8 Å². The molecule has 42 heavy (non-hydrogen) atoms. The van der Waals surface area contributed by atoms with Gasteiger partial charge in [0.2, 0.25) is 0 Å². The lowest BCUT2D eigenvalue weighted by atomic mass is 10.1. The van der Waals surface area contributed by atoms with Gasteiger partial charge in [-0.25, -0.2) is 10.5 Å². The number of nitrogens with one attached hydrogen (secondary N) is 1. The second-order valence-corrected chi connectivity index (χ2v) is 11.2. The maximum Gasteiger partial charge on any atom is 0.274 e. The maximum atomic E-state index is 13.2. The van der Waals surface area contributed by atoms with Crippen molar-refractivity contribution in [3.05, 3.63) is 95.3 Å². The molecule has 2 amide bonds. The fraction of sp³-hybridized carbons (Fsp3) is 0.344. The van der Waals surface area contributed by atoms with Crippen molar-refractivity contribution in [2.75, 3.05) is 64.3 Å². The summed E-state index contributed by atoms with van der Waals surface area (Å²) in [7, 11) is 2.17. The first-order valence-corrected chi connectivity index (χ1v) is 14.5. The Hall–Kier alpha value is -4.25. The van der Waals surface area contributed by atoms with E-state index in [1.165, 1.54) is 5.56 Å². The van der Waals surface area contributed by atoms with Crippen molar-refractivity contribution in [2.24, 2.45) is 0 Å². The number of piperazine rings is 2. The maximum absolute atomic E-state index is 13.2. The van der Waals surface area contributed by atoms with Gasteiger partial charge in [-0.3, -0.25) is 19.7 Å². The average molecular weight is 568 g/mol. The van der Waals surface area contributed by atoms with Crippen molar-refractivity contribution in [1.29, 1.82) is 0 Å². The van der Waals surface area contributed by atoms with Gasteiger partial charge in [0.1, 0.15) is 5.65 Å². The highest BCUT2D eigenvalue weighted by Gasteiger charge is 2.23. The van der Waals surface area contributed by atoms with Crippen LogP contribution in [0, 0.1) is 0 Å². The number of benzene rings is 2. The molecule has 2 aliphatic rings. The first kappa shape index (κ1) is 27.9. The molecule has 2 fully saturated rings. The molecule has 0 atom stereocenters. The van der Waals surface area contributed by atoms with E-state index in [0.29, 0.717) is 25.2 Å². The molecular weight excluding hydrogens is 530 g/mol. The van der Waals surface area contributed by atoms with E-state index in [-0.39, 0.29) is 5.91 Å². The lowest BCUT2D eigenvalue weighted by Gasteiger charge is -2.36. The van der Waals surface area contributed by atoms with E-state index in [9.17, 15) is 9.59 Å². The van der Waals surface area contributed by atoms with E-state index in [1.54, 1.807) is 17.6 Å². The minimum absolute atomic E-state index is 0.0940. The summed E-state index contributed by atoms with van der Waals surface area (Å²) in [6.45, 7) is 8.78. The Kier molecular flexibility index (Phi) is 8.18. The number of pyridine rings is 1. The highest BCUT2D eigenvalue weighted by Crippen LogP contribution is 2.23. The van der Waals surface area contributed by atoms with Gasteiger partial charge in [-0.15, -0.1) is 0 Å². The van der Waals surface area contributed by atoms with Crippen molar-refractivity contribution in [1.82, 2.24) is 29.7 Å². The zero-order valence-electron chi connectivity index (χ0n) is 23.9. The van der Waals surface area contributed by atoms with Gasteiger partial charge in [0.05, 0.1) is 11.9 Å². The summed E-state index contributed by atoms with van der Waals surface area (Å²) < 4.78 is 2.08. The third kappa shape index (κ3) is 6.15. The van der Waals surface area contributed by atoms with Gasteiger partial charge in [-0.05, 0) is 54.6 Å². The Morgan fingerprint density at radius 2 is 1.45 bits per heavy atom. The minimum Gasteiger partial charge on any atom is -0.367 e. The summed E-state index contributed by atoms with van der Waals surface area (Å²) in [6.07, 6.45) is 3.92. The fourth-order valence-corrected chi connectivity index (χ4v) is 5.76. The molecular formula is C32H37N7O3. The zero-order chi connectivity index (χ0) is 29.1. The van der Waals surface area contributed by atoms with Gasteiger partial charge in [0, 0.05) is 88.2 Å². The van der Waals surface area contributed by atoms with Crippen LogP contribution in [0.15, 0.2) is 73.1 Å². The van der Waals surface area contributed by atoms with Crippen LogP contribution in [-0.4, -0.2) is 101 Å². The summed E-state index contributed by atoms with van der Waals surface area (Å²) in [5.41, 5.74) is 7.03. The number of hydrogen-bond acceptors (Lipinski definition) is 7. The summed E-state index contributed by atoms with van der Waals surface area (Å²) in [5.74, 6) is -0.436. The van der Waals surface area contributed by atoms with E-state index in [2.05, 4.69) is 50.6 Å². The van der Waals surface area contributed by atoms with Gasteiger partial charge < -0.3 is 19.3 Å². The number of carbonyl (C=O) groups is 2. The minimum atomic E-state index is -0.529. The summed E-state index contributed by atoms with van der Waals surface area (Å²) in [4.78, 5) is 38.6. The van der Waals surface area contributed by atoms with Crippen LogP contribution in [0.25, 0.3) is 11.0 Å². The monoisotopic (exact) mass is 567 g/mol. The Morgan fingerprint density at radius 3 is 2.12 bits per heavy atom. The van der Waals surface area contributed by atoms with E-state index in [0.717, 1.165) is 73.7 Å². The molecule has 0 aliphatic carbocycles. The standard InChI is InChI=1S/C32H37N7O3/c1-35-12-14-36(15-13-35)22-24-4-8-27(9-5-24)32(41)38-18-16-37(17-19-38)29-20-28-10-11-39(30(28)33-21-29)23-25-2-6-26(7-3-25)31(40)34-42/h2-11,20-21,42H,12-19,22-23H2,1H3,(H,34,40). The van der Waals surface area contributed by atoms with Crippen LogP contribution in [0.3, 0.4) is 0 Å². The molecule has 2 aromatic carbocycles. The summed E-state index contributed by atoms with van der Waals surface area (Å²) in [5, 5.41) is 9.86. The van der Waals surface area contributed by atoms with Gasteiger partial charge in [0.15, 0.2) is 0 Å². The van der Waals surface area contributed by atoms with Crippen LogP contribution in [0.5, 0.6) is 0 Å². The molecule has 2 aromatic heterocycles. The lowest BCUT2D eigenvalue weighted by molar-refractivity contribution is 0.0705. The third-order valence-electron chi connectivity index (χ3n) is 8.39. The third-order valence-corrected chi connectivity index (χ3v) is 8.39. The van der Waals surface area contributed by atoms with Crippen LogP contribution in [-0.2, 0) is 13.1 Å². The normalized spacial score (nSPS) is 16.6. The molecule has 0 unspecified atom stereocenters. The smallest absolute Gasteiger partial charge is 0.274 e.